The Hall–Kier alpha value is -1.00. The normalized spacial score (nSPS) is 26.7. The maximum absolute atomic E-state index is 13.3. The number of benzene rings is 1. The maximum Gasteiger partial charge on any atom is 0.159 e. The van der Waals surface area contributed by atoms with Gasteiger partial charge in [-0.25, -0.2) is 8.78 Å². The molecule has 2 unspecified atom stereocenters. The summed E-state index contributed by atoms with van der Waals surface area (Å²) in [6.07, 6.45) is 6.53. The summed E-state index contributed by atoms with van der Waals surface area (Å²) < 4.78 is 32.4. The Morgan fingerprint density at radius 1 is 1.14 bits per heavy atom. The van der Waals surface area contributed by atoms with E-state index in [-0.39, 0.29) is 11.5 Å². The van der Waals surface area contributed by atoms with Crippen LogP contribution in [0.1, 0.15) is 56.6 Å². The Morgan fingerprint density at radius 2 is 1.90 bits per heavy atom. The molecule has 4 heteroatoms. The Labute approximate surface area is 124 Å². The number of halogens is 2. The summed E-state index contributed by atoms with van der Waals surface area (Å²) in [5.74, 6) is -1.71. The third kappa shape index (κ3) is 3.11. The van der Waals surface area contributed by atoms with Crippen molar-refractivity contribution in [1.29, 1.82) is 0 Å². The van der Waals surface area contributed by atoms with Crippen LogP contribution >= 0.6 is 0 Å². The second kappa shape index (κ2) is 6.01. The highest BCUT2D eigenvalue weighted by Gasteiger charge is 2.40. The lowest BCUT2D eigenvalue weighted by Crippen LogP contribution is -2.42. The van der Waals surface area contributed by atoms with Crippen LogP contribution in [0.15, 0.2) is 18.2 Å². The minimum atomic E-state index is -0.897. The third-order valence-electron chi connectivity index (χ3n) is 5.03. The quantitative estimate of drug-likeness (QED) is 0.889. The fourth-order valence-electron chi connectivity index (χ4n) is 3.85. The first-order valence-corrected chi connectivity index (χ1v) is 7.87. The van der Waals surface area contributed by atoms with Gasteiger partial charge in [0.1, 0.15) is 0 Å². The van der Waals surface area contributed by atoms with Crippen molar-refractivity contribution in [2.45, 2.75) is 56.7 Å². The summed E-state index contributed by atoms with van der Waals surface area (Å²) in [7, 11) is 0. The molecule has 1 spiro atoms. The van der Waals surface area contributed by atoms with E-state index in [0.717, 1.165) is 37.8 Å². The van der Waals surface area contributed by atoms with Crippen molar-refractivity contribution in [1.82, 2.24) is 0 Å². The molecule has 116 valence electrons. The van der Waals surface area contributed by atoms with Gasteiger partial charge in [-0.05, 0) is 49.3 Å². The molecular weight excluding hydrogens is 274 g/mol. The van der Waals surface area contributed by atoms with Crippen LogP contribution in [0.3, 0.4) is 0 Å². The second-order valence-electron chi connectivity index (χ2n) is 6.46. The zero-order chi connectivity index (χ0) is 14.9. The molecule has 1 aromatic carbocycles. The zero-order valence-electron chi connectivity index (χ0n) is 12.2. The molecular formula is C17H22F2O2. The van der Waals surface area contributed by atoms with Crippen molar-refractivity contribution in [3.63, 3.8) is 0 Å². The van der Waals surface area contributed by atoms with E-state index < -0.39 is 17.7 Å². The summed E-state index contributed by atoms with van der Waals surface area (Å²) in [4.78, 5) is 0. The van der Waals surface area contributed by atoms with E-state index in [1.807, 2.05) is 0 Å². The molecule has 1 heterocycles. The third-order valence-corrected chi connectivity index (χ3v) is 5.03. The van der Waals surface area contributed by atoms with Crippen molar-refractivity contribution in [2.24, 2.45) is 5.92 Å². The van der Waals surface area contributed by atoms with Gasteiger partial charge < -0.3 is 9.84 Å². The largest absolute Gasteiger partial charge is 0.388 e. The van der Waals surface area contributed by atoms with Gasteiger partial charge in [0.2, 0.25) is 0 Å². The number of aliphatic hydroxyl groups excluding tert-OH is 1. The van der Waals surface area contributed by atoms with Crippen LogP contribution in [0, 0.1) is 17.6 Å². The highest BCUT2D eigenvalue weighted by atomic mass is 19.2. The lowest BCUT2D eigenvalue weighted by molar-refractivity contribution is -0.134. The average Bonchev–Trinajstić information content (AvgIpc) is 2.50. The van der Waals surface area contributed by atoms with Crippen LogP contribution in [-0.4, -0.2) is 17.3 Å². The monoisotopic (exact) mass is 296 g/mol. The van der Waals surface area contributed by atoms with Gasteiger partial charge in [-0.3, -0.25) is 0 Å². The molecule has 2 aliphatic rings. The van der Waals surface area contributed by atoms with Crippen LogP contribution in [0.2, 0.25) is 0 Å². The lowest BCUT2D eigenvalue weighted by atomic mass is 9.74. The van der Waals surface area contributed by atoms with E-state index in [9.17, 15) is 13.9 Å². The van der Waals surface area contributed by atoms with Crippen LogP contribution < -0.4 is 0 Å². The molecule has 3 rings (SSSR count). The summed E-state index contributed by atoms with van der Waals surface area (Å²) >= 11 is 0. The van der Waals surface area contributed by atoms with Crippen LogP contribution in [0.25, 0.3) is 0 Å². The topological polar surface area (TPSA) is 29.5 Å². The van der Waals surface area contributed by atoms with E-state index in [1.54, 1.807) is 0 Å². The first-order valence-electron chi connectivity index (χ1n) is 7.87. The summed E-state index contributed by atoms with van der Waals surface area (Å²) in [5, 5.41) is 10.5. The smallest absolute Gasteiger partial charge is 0.159 e. The zero-order valence-corrected chi connectivity index (χ0v) is 12.2. The molecule has 1 aliphatic heterocycles. The number of aliphatic hydroxyl groups is 1. The van der Waals surface area contributed by atoms with E-state index in [1.165, 1.54) is 25.3 Å². The van der Waals surface area contributed by atoms with Gasteiger partial charge in [-0.2, -0.15) is 0 Å². The lowest BCUT2D eigenvalue weighted by Gasteiger charge is -2.44. The van der Waals surface area contributed by atoms with Crippen LogP contribution in [-0.2, 0) is 4.74 Å². The van der Waals surface area contributed by atoms with E-state index >= 15 is 0 Å². The molecule has 1 saturated heterocycles. The molecule has 1 saturated carbocycles. The van der Waals surface area contributed by atoms with Crippen molar-refractivity contribution in [3.8, 4) is 0 Å². The van der Waals surface area contributed by atoms with Crippen LogP contribution in [0.5, 0.6) is 0 Å². The molecule has 21 heavy (non-hydrogen) atoms. The molecule has 2 atom stereocenters. The minimum absolute atomic E-state index is 0.0571. The SMILES string of the molecule is OC(c1ccc(F)c(F)c1)C1CCOC2(CCCCC2)C1. The number of ether oxygens (including phenoxy) is 1. The van der Waals surface area contributed by atoms with Crippen molar-refractivity contribution in [3.05, 3.63) is 35.4 Å². The molecule has 0 radical (unpaired) electrons. The van der Waals surface area contributed by atoms with Gasteiger partial charge in [0, 0.05) is 6.61 Å². The van der Waals surface area contributed by atoms with Crippen LogP contribution in [0.4, 0.5) is 8.78 Å². The number of rotatable bonds is 2. The molecule has 2 nitrogen and oxygen atoms in total. The predicted molar refractivity (Wildman–Crippen MR) is 75.8 cm³/mol. The summed E-state index contributed by atoms with van der Waals surface area (Å²) in [6.45, 7) is 0.644. The number of hydrogen-bond donors (Lipinski definition) is 1. The first-order chi connectivity index (χ1) is 10.1. The highest BCUT2D eigenvalue weighted by Crippen LogP contribution is 2.44. The van der Waals surface area contributed by atoms with E-state index in [0.29, 0.717) is 12.2 Å². The fourth-order valence-corrected chi connectivity index (χ4v) is 3.85. The molecule has 0 aromatic heterocycles. The Balaban J connectivity index is 1.74. The van der Waals surface area contributed by atoms with Crippen molar-refractivity contribution >= 4 is 0 Å². The number of hydrogen-bond acceptors (Lipinski definition) is 2. The summed E-state index contributed by atoms with van der Waals surface area (Å²) in [6, 6.07) is 3.68. The van der Waals surface area contributed by atoms with Crippen molar-refractivity contribution < 1.29 is 18.6 Å². The Morgan fingerprint density at radius 3 is 2.62 bits per heavy atom. The second-order valence-corrected chi connectivity index (χ2v) is 6.46. The summed E-state index contributed by atoms with van der Waals surface area (Å²) in [5.41, 5.74) is 0.368. The van der Waals surface area contributed by atoms with Gasteiger partial charge in [-0.15, -0.1) is 0 Å². The molecule has 1 N–H and O–H groups in total. The van der Waals surface area contributed by atoms with Gasteiger partial charge in [0.15, 0.2) is 11.6 Å². The van der Waals surface area contributed by atoms with Crippen molar-refractivity contribution in [2.75, 3.05) is 6.61 Å². The predicted octanol–water partition coefficient (Wildman–Crippen LogP) is 4.13. The van der Waals surface area contributed by atoms with E-state index in [2.05, 4.69) is 0 Å². The Bertz CT molecular complexity index is 492. The van der Waals surface area contributed by atoms with Gasteiger partial charge >= 0.3 is 0 Å². The average molecular weight is 296 g/mol. The standard InChI is InChI=1S/C17H22F2O2/c18-14-5-4-12(10-15(14)19)16(20)13-6-9-21-17(11-13)7-2-1-3-8-17/h4-5,10,13,16,20H,1-3,6-9,11H2. The fraction of sp³-hybridized carbons (Fsp3) is 0.647. The van der Waals surface area contributed by atoms with Gasteiger partial charge in [0.05, 0.1) is 11.7 Å². The highest BCUT2D eigenvalue weighted by molar-refractivity contribution is 5.21. The molecule has 0 bridgehead atoms. The minimum Gasteiger partial charge on any atom is -0.388 e. The van der Waals surface area contributed by atoms with E-state index in [4.69, 9.17) is 4.74 Å². The molecule has 2 fully saturated rings. The molecule has 1 aliphatic carbocycles. The van der Waals surface area contributed by atoms with Gasteiger partial charge in [-0.1, -0.05) is 25.3 Å². The van der Waals surface area contributed by atoms with Gasteiger partial charge in [0.25, 0.3) is 0 Å². The Kier molecular flexibility index (Phi) is 4.27. The molecule has 0 amide bonds. The maximum atomic E-state index is 13.3. The molecule has 1 aromatic rings. The first kappa shape index (κ1) is 14.9.